The summed E-state index contributed by atoms with van der Waals surface area (Å²) in [5, 5.41) is 5.85. The van der Waals surface area contributed by atoms with Gasteiger partial charge in [-0.3, -0.25) is 4.79 Å². The van der Waals surface area contributed by atoms with Crippen LogP contribution in [0.4, 0.5) is 0 Å². The lowest BCUT2D eigenvalue weighted by molar-refractivity contribution is 0.0934. The first kappa shape index (κ1) is 14.0. The minimum atomic E-state index is -3.07. The number of amides is 1. The highest BCUT2D eigenvalue weighted by Gasteiger charge is 2.38. The van der Waals surface area contributed by atoms with E-state index in [1.54, 1.807) is 6.92 Å². The van der Waals surface area contributed by atoms with Crippen LogP contribution in [0.2, 0.25) is 0 Å². The van der Waals surface area contributed by atoms with Crippen molar-refractivity contribution in [2.75, 3.05) is 5.75 Å². The Morgan fingerprint density at radius 3 is 2.74 bits per heavy atom. The number of carbonyl (C=O) groups excluding carboxylic acids is 1. The molecule has 0 spiro atoms. The molecule has 1 N–H and O–H groups in total. The maximum absolute atomic E-state index is 12.1. The monoisotopic (exact) mass is 286 g/mol. The molecule has 0 saturated carbocycles. The molecule has 0 aromatic carbocycles. The van der Waals surface area contributed by atoms with Gasteiger partial charge in [0.15, 0.2) is 15.6 Å². The molecule has 0 bridgehead atoms. The molecule has 0 unspecified atom stereocenters. The summed E-state index contributed by atoms with van der Waals surface area (Å²) in [7, 11) is -3.07. The van der Waals surface area contributed by atoms with E-state index in [-0.39, 0.29) is 23.6 Å². The lowest BCUT2D eigenvalue weighted by Crippen LogP contribution is -2.40. The Labute approximate surface area is 112 Å². The van der Waals surface area contributed by atoms with Gasteiger partial charge in [-0.05, 0) is 13.3 Å². The summed E-state index contributed by atoms with van der Waals surface area (Å²) in [4.78, 5) is 12.1. The second-order valence-corrected chi connectivity index (χ2v) is 7.68. The van der Waals surface area contributed by atoms with Gasteiger partial charge in [-0.15, -0.1) is 0 Å². The van der Waals surface area contributed by atoms with E-state index in [0.29, 0.717) is 17.7 Å². The van der Waals surface area contributed by atoms with Gasteiger partial charge in [-0.1, -0.05) is 19.0 Å². The van der Waals surface area contributed by atoms with Crippen LogP contribution in [-0.2, 0) is 9.84 Å². The molecule has 1 amide bonds. The summed E-state index contributed by atoms with van der Waals surface area (Å²) < 4.78 is 28.3. The van der Waals surface area contributed by atoms with Gasteiger partial charge in [0, 0.05) is 12.0 Å². The van der Waals surface area contributed by atoms with Crippen molar-refractivity contribution >= 4 is 15.7 Å². The summed E-state index contributed by atoms with van der Waals surface area (Å²) in [5.74, 6) is 0.373. The molecular formula is C12H18N2O4S. The highest BCUT2D eigenvalue weighted by molar-refractivity contribution is 7.92. The fourth-order valence-corrected chi connectivity index (χ4v) is 3.89. The van der Waals surface area contributed by atoms with Crippen LogP contribution in [0.1, 0.15) is 49.2 Å². The molecular weight excluding hydrogens is 268 g/mol. The van der Waals surface area contributed by atoms with Gasteiger partial charge in [0.1, 0.15) is 5.56 Å². The zero-order valence-corrected chi connectivity index (χ0v) is 12.0. The van der Waals surface area contributed by atoms with Crippen molar-refractivity contribution in [3.05, 3.63) is 17.5 Å². The minimum Gasteiger partial charge on any atom is -0.360 e. The van der Waals surface area contributed by atoms with Crippen molar-refractivity contribution in [2.24, 2.45) is 0 Å². The van der Waals surface area contributed by atoms with Gasteiger partial charge < -0.3 is 9.84 Å². The molecule has 1 aromatic rings. The number of nitrogens with zero attached hydrogens (tertiary/aromatic N) is 1. The number of rotatable bonds is 3. The van der Waals surface area contributed by atoms with E-state index in [2.05, 4.69) is 10.5 Å². The fourth-order valence-electron chi connectivity index (χ4n) is 2.23. The number of nitrogens with one attached hydrogen (secondary N) is 1. The first-order valence-electron chi connectivity index (χ1n) is 6.30. The van der Waals surface area contributed by atoms with Crippen LogP contribution in [0.25, 0.3) is 0 Å². The summed E-state index contributed by atoms with van der Waals surface area (Å²) in [5.41, 5.74) is 0.381. The molecule has 2 rings (SSSR count). The second-order valence-electron chi connectivity index (χ2n) is 5.20. The average molecular weight is 286 g/mol. The predicted molar refractivity (Wildman–Crippen MR) is 69.7 cm³/mol. The standard InChI is InChI=1S/C12H18N2O4S/c1-7(2)11-9(6-13-18-11)12(15)14-10-4-5-19(16,17)8(10)3/h6-8,10H,4-5H2,1-3H3,(H,14,15)/t8-,10-/m1/s1. The molecule has 1 aliphatic heterocycles. The van der Waals surface area contributed by atoms with E-state index < -0.39 is 15.1 Å². The maximum Gasteiger partial charge on any atom is 0.256 e. The lowest BCUT2D eigenvalue weighted by Gasteiger charge is -2.16. The molecule has 2 atom stereocenters. The van der Waals surface area contributed by atoms with Gasteiger partial charge >= 0.3 is 0 Å². The Hall–Kier alpha value is -1.37. The van der Waals surface area contributed by atoms with Crippen molar-refractivity contribution in [1.29, 1.82) is 0 Å². The minimum absolute atomic E-state index is 0.0491. The normalized spacial score (nSPS) is 25.7. The highest BCUT2D eigenvalue weighted by atomic mass is 32.2. The molecule has 1 aromatic heterocycles. The van der Waals surface area contributed by atoms with Gasteiger partial charge in [0.2, 0.25) is 0 Å². The molecule has 7 heteroatoms. The predicted octanol–water partition coefficient (Wildman–Crippen LogP) is 1.10. The lowest BCUT2D eigenvalue weighted by atomic mass is 10.1. The topological polar surface area (TPSA) is 89.3 Å². The quantitative estimate of drug-likeness (QED) is 0.898. The third-order valence-electron chi connectivity index (χ3n) is 3.53. The zero-order valence-electron chi connectivity index (χ0n) is 11.2. The first-order chi connectivity index (χ1) is 8.83. The van der Waals surface area contributed by atoms with Crippen molar-refractivity contribution in [3.8, 4) is 0 Å². The Balaban J connectivity index is 2.12. The molecule has 1 fully saturated rings. The molecule has 106 valence electrons. The Morgan fingerprint density at radius 1 is 1.53 bits per heavy atom. The van der Waals surface area contributed by atoms with Crippen LogP contribution in [-0.4, -0.2) is 36.5 Å². The molecule has 6 nitrogen and oxygen atoms in total. The van der Waals surface area contributed by atoms with E-state index in [0.717, 1.165) is 0 Å². The summed E-state index contributed by atoms with van der Waals surface area (Å²) in [6.45, 7) is 5.43. The fraction of sp³-hybridized carbons (Fsp3) is 0.667. The Kier molecular flexibility index (Phi) is 3.66. The molecule has 1 aliphatic rings. The summed E-state index contributed by atoms with van der Waals surface area (Å²) in [6, 6.07) is -0.340. The number of carbonyl (C=O) groups is 1. The highest BCUT2D eigenvalue weighted by Crippen LogP contribution is 2.22. The van der Waals surface area contributed by atoms with Crippen molar-refractivity contribution in [1.82, 2.24) is 10.5 Å². The van der Waals surface area contributed by atoms with Crippen LogP contribution in [0.15, 0.2) is 10.7 Å². The van der Waals surface area contributed by atoms with Crippen LogP contribution >= 0.6 is 0 Å². The third-order valence-corrected chi connectivity index (χ3v) is 5.80. The SMILES string of the molecule is CC(C)c1oncc1C(=O)N[C@@H]1CCS(=O)(=O)[C@@H]1C. The van der Waals surface area contributed by atoms with Crippen LogP contribution in [0.5, 0.6) is 0 Å². The van der Waals surface area contributed by atoms with E-state index in [4.69, 9.17) is 4.52 Å². The smallest absolute Gasteiger partial charge is 0.256 e. The third kappa shape index (κ3) is 2.65. The van der Waals surface area contributed by atoms with Crippen molar-refractivity contribution < 1.29 is 17.7 Å². The van der Waals surface area contributed by atoms with Gasteiger partial charge in [-0.25, -0.2) is 8.42 Å². The van der Waals surface area contributed by atoms with Crippen LogP contribution in [0, 0.1) is 0 Å². The van der Waals surface area contributed by atoms with E-state index in [9.17, 15) is 13.2 Å². The van der Waals surface area contributed by atoms with Gasteiger partial charge in [0.05, 0.1) is 17.2 Å². The van der Waals surface area contributed by atoms with Crippen molar-refractivity contribution in [3.63, 3.8) is 0 Å². The number of hydrogen-bond donors (Lipinski definition) is 1. The Morgan fingerprint density at radius 2 is 2.21 bits per heavy atom. The van der Waals surface area contributed by atoms with Crippen LogP contribution < -0.4 is 5.32 Å². The average Bonchev–Trinajstić information content (AvgIpc) is 2.90. The van der Waals surface area contributed by atoms with Gasteiger partial charge in [-0.2, -0.15) is 0 Å². The van der Waals surface area contributed by atoms with Crippen molar-refractivity contribution in [2.45, 2.75) is 44.4 Å². The molecule has 1 saturated heterocycles. The summed E-state index contributed by atoms with van der Waals surface area (Å²) >= 11 is 0. The van der Waals surface area contributed by atoms with E-state index in [1.807, 2.05) is 13.8 Å². The van der Waals surface area contributed by atoms with Crippen LogP contribution in [0.3, 0.4) is 0 Å². The largest absolute Gasteiger partial charge is 0.360 e. The first-order valence-corrected chi connectivity index (χ1v) is 8.01. The number of hydrogen-bond acceptors (Lipinski definition) is 5. The zero-order chi connectivity index (χ0) is 14.2. The molecule has 19 heavy (non-hydrogen) atoms. The second kappa shape index (κ2) is 4.96. The molecule has 0 radical (unpaired) electrons. The van der Waals surface area contributed by atoms with Gasteiger partial charge in [0.25, 0.3) is 5.91 Å². The maximum atomic E-state index is 12.1. The molecule has 0 aliphatic carbocycles. The molecule has 2 heterocycles. The summed E-state index contributed by atoms with van der Waals surface area (Å²) in [6.07, 6.45) is 1.83. The van der Waals surface area contributed by atoms with E-state index in [1.165, 1.54) is 6.20 Å². The Bertz CT molecular complexity index is 576. The number of aromatic nitrogens is 1. The number of sulfone groups is 1. The van der Waals surface area contributed by atoms with E-state index >= 15 is 0 Å².